The fraction of sp³-hybridized carbons (Fsp3) is 0.353. The fourth-order valence-corrected chi connectivity index (χ4v) is 2.49. The molecule has 24 heavy (non-hydrogen) atoms. The number of hydrogen-bond acceptors (Lipinski definition) is 6. The first-order valence-corrected chi connectivity index (χ1v) is 7.55. The highest BCUT2D eigenvalue weighted by molar-refractivity contribution is 5.99. The van der Waals surface area contributed by atoms with E-state index in [2.05, 4.69) is 10.3 Å². The third-order valence-electron chi connectivity index (χ3n) is 3.45. The molecule has 0 spiro atoms. The second kappa shape index (κ2) is 7.16. The first-order chi connectivity index (χ1) is 11.4. The zero-order valence-corrected chi connectivity index (χ0v) is 14.1. The summed E-state index contributed by atoms with van der Waals surface area (Å²) in [5.74, 6) is -0.240. The molecule has 1 amide bonds. The zero-order valence-electron chi connectivity index (χ0n) is 14.1. The normalized spacial score (nSPS) is 10.5. The molecule has 128 valence electrons. The van der Waals surface area contributed by atoms with Gasteiger partial charge >= 0.3 is 5.97 Å². The summed E-state index contributed by atoms with van der Waals surface area (Å²) in [6.07, 6.45) is 1.53. The topological polar surface area (TPSA) is 97.8 Å². The number of hydrogen-bond donors (Lipinski definition) is 2. The number of aromatic nitrogens is 1. The number of amides is 1. The van der Waals surface area contributed by atoms with E-state index in [1.165, 1.54) is 20.0 Å². The van der Waals surface area contributed by atoms with Gasteiger partial charge in [0.25, 0.3) is 0 Å². The first-order valence-electron chi connectivity index (χ1n) is 7.55. The summed E-state index contributed by atoms with van der Waals surface area (Å²) in [7, 11) is 0. The van der Waals surface area contributed by atoms with Gasteiger partial charge in [-0.15, -0.1) is 0 Å². The number of carbonyl (C=O) groups excluding carboxylic acids is 2. The van der Waals surface area contributed by atoms with Gasteiger partial charge in [0.05, 0.1) is 24.2 Å². The van der Waals surface area contributed by atoms with E-state index in [0.29, 0.717) is 34.4 Å². The number of phenols is 1. The Morgan fingerprint density at radius 3 is 2.58 bits per heavy atom. The number of rotatable bonds is 5. The predicted molar refractivity (Wildman–Crippen MR) is 88.1 cm³/mol. The second-order valence-corrected chi connectivity index (χ2v) is 5.25. The van der Waals surface area contributed by atoms with Crippen LogP contribution in [0.5, 0.6) is 17.2 Å². The highest BCUT2D eigenvalue weighted by atomic mass is 16.5. The van der Waals surface area contributed by atoms with Crippen LogP contribution >= 0.6 is 0 Å². The molecule has 2 rings (SSSR count). The maximum absolute atomic E-state index is 11.5. The Morgan fingerprint density at radius 2 is 2.00 bits per heavy atom. The standard InChI is InChI=1S/C17H20N2O5/c1-5-23-17-9(2)16(24-11(4)21)12-6-7-18-13(8-19-10(3)20)14(12)15(17)22/h6-7,22H,5,8H2,1-4H3,(H,19,20). The van der Waals surface area contributed by atoms with E-state index < -0.39 is 5.97 Å². The molecule has 2 N–H and O–H groups in total. The monoisotopic (exact) mass is 332 g/mol. The Labute approximate surface area is 139 Å². The predicted octanol–water partition coefficient (Wildman–Crippen LogP) is 2.21. The molecule has 0 atom stereocenters. The molecule has 0 aliphatic rings. The molecule has 0 bridgehead atoms. The Hall–Kier alpha value is -2.83. The van der Waals surface area contributed by atoms with Crippen molar-refractivity contribution < 1.29 is 24.2 Å². The Kier molecular flexibility index (Phi) is 5.23. The largest absolute Gasteiger partial charge is 0.504 e. The van der Waals surface area contributed by atoms with Gasteiger partial charge in [-0.05, 0) is 19.9 Å². The van der Waals surface area contributed by atoms with Gasteiger partial charge in [0.2, 0.25) is 5.91 Å². The van der Waals surface area contributed by atoms with Gasteiger partial charge in [-0.2, -0.15) is 0 Å². The molecular weight excluding hydrogens is 312 g/mol. The summed E-state index contributed by atoms with van der Waals surface area (Å²) in [4.78, 5) is 26.9. The summed E-state index contributed by atoms with van der Waals surface area (Å²) in [6.45, 7) is 6.66. The number of benzene rings is 1. The minimum absolute atomic E-state index is 0.0892. The van der Waals surface area contributed by atoms with E-state index in [4.69, 9.17) is 9.47 Å². The van der Waals surface area contributed by atoms with Crippen molar-refractivity contribution in [2.45, 2.75) is 34.2 Å². The Bertz CT molecular complexity index is 801. The van der Waals surface area contributed by atoms with Gasteiger partial charge in [0.15, 0.2) is 11.5 Å². The highest BCUT2D eigenvalue weighted by Crippen LogP contribution is 2.45. The molecule has 7 heteroatoms. The van der Waals surface area contributed by atoms with E-state index in [1.807, 2.05) is 0 Å². The van der Waals surface area contributed by atoms with Crippen molar-refractivity contribution in [1.29, 1.82) is 0 Å². The van der Waals surface area contributed by atoms with E-state index in [-0.39, 0.29) is 24.0 Å². The van der Waals surface area contributed by atoms with Crippen LogP contribution in [0.15, 0.2) is 12.3 Å². The van der Waals surface area contributed by atoms with Crippen molar-refractivity contribution in [2.24, 2.45) is 0 Å². The van der Waals surface area contributed by atoms with Gasteiger partial charge < -0.3 is 19.9 Å². The number of fused-ring (bicyclic) bond motifs is 1. The van der Waals surface area contributed by atoms with E-state index in [9.17, 15) is 14.7 Å². The van der Waals surface area contributed by atoms with Crippen LogP contribution in [0, 0.1) is 6.92 Å². The number of ether oxygens (including phenoxy) is 2. The van der Waals surface area contributed by atoms with Crippen LogP contribution in [-0.4, -0.2) is 28.6 Å². The highest BCUT2D eigenvalue weighted by Gasteiger charge is 2.22. The molecule has 0 aliphatic heterocycles. The molecule has 0 unspecified atom stereocenters. The molecule has 1 aromatic carbocycles. The fourth-order valence-electron chi connectivity index (χ4n) is 2.49. The van der Waals surface area contributed by atoms with Crippen LogP contribution in [0.4, 0.5) is 0 Å². The van der Waals surface area contributed by atoms with Gasteiger partial charge in [-0.3, -0.25) is 14.6 Å². The van der Waals surface area contributed by atoms with E-state index >= 15 is 0 Å². The van der Waals surface area contributed by atoms with Crippen LogP contribution < -0.4 is 14.8 Å². The number of nitrogens with zero attached hydrogens (tertiary/aromatic N) is 1. The number of esters is 1. The number of carbonyl (C=O) groups is 2. The molecule has 0 aliphatic carbocycles. The lowest BCUT2D eigenvalue weighted by Crippen LogP contribution is -2.20. The molecule has 0 saturated heterocycles. The average Bonchev–Trinajstić information content (AvgIpc) is 2.52. The van der Waals surface area contributed by atoms with Crippen molar-refractivity contribution in [3.8, 4) is 17.2 Å². The zero-order chi connectivity index (χ0) is 17.9. The lowest BCUT2D eigenvalue weighted by atomic mass is 10.0. The molecule has 1 aromatic heterocycles. The Morgan fingerprint density at radius 1 is 1.29 bits per heavy atom. The first kappa shape index (κ1) is 17.5. The maximum Gasteiger partial charge on any atom is 0.308 e. The van der Waals surface area contributed by atoms with Crippen molar-refractivity contribution in [2.75, 3.05) is 6.61 Å². The summed E-state index contributed by atoms with van der Waals surface area (Å²) in [5, 5.41) is 14.2. The summed E-state index contributed by atoms with van der Waals surface area (Å²) >= 11 is 0. The summed E-state index contributed by atoms with van der Waals surface area (Å²) in [5.41, 5.74) is 0.975. The number of nitrogens with one attached hydrogen (secondary N) is 1. The second-order valence-electron chi connectivity index (χ2n) is 5.25. The minimum Gasteiger partial charge on any atom is -0.504 e. The quantitative estimate of drug-likeness (QED) is 0.643. The van der Waals surface area contributed by atoms with Gasteiger partial charge in [0.1, 0.15) is 5.75 Å². The maximum atomic E-state index is 11.5. The molecule has 2 aromatic rings. The van der Waals surface area contributed by atoms with Crippen LogP contribution in [-0.2, 0) is 16.1 Å². The SMILES string of the molecule is CCOc1c(C)c(OC(C)=O)c2ccnc(CNC(C)=O)c2c1O. The van der Waals surface area contributed by atoms with Gasteiger partial charge in [0, 0.05) is 31.0 Å². The van der Waals surface area contributed by atoms with Crippen molar-refractivity contribution in [1.82, 2.24) is 10.3 Å². The van der Waals surface area contributed by atoms with Crippen LogP contribution in [0.1, 0.15) is 32.0 Å². The average molecular weight is 332 g/mol. The van der Waals surface area contributed by atoms with Crippen molar-refractivity contribution in [3.05, 3.63) is 23.5 Å². The lowest BCUT2D eigenvalue weighted by Gasteiger charge is -2.18. The third-order valence-corrected chi connectivity index (χ3v) is 3.45. The molecular formula is C17H20N2O5. The number of phenolic OH excluding ortho intramolecular Hbond substituents is 1. The number of pyridine rings is 1. The Balaban J connectivity index is 2.77. The van der Waals surface area contributed by atoms with Crippen LogP contribution in [0.2, 0.25) is 0 Å². The van der Waals surface area contributed by atoms with Crippen LogP contribution in [0.25, 0.3) is 10.8 Å². The molecule has 0 fully saturated rings. The molecule has 0 saturated carbocycles. The number of aromatic hydroxyl groups is 1. The van der Waals surface area contributed by atoms with Gasteiger partial charge in [-0.1, -0.05) is 0 Å². The van der Waals surface area contributed by atoms with Crippen LogP contribution in [0.3, 0.4) is 0 Å². The third kappa shape index (κ3) is 3.40. The van der Waals surface area contributed by atoms with Gasteiger partial charge in [-0.25, -0.2) is 0 Å². The molecule has 7 nitrogen and oxygen atoms in total. The van der Waals surface area contributed by atoms with Crippen molar-refractivity contribution >= 4 is 22.6 Å². The minimum atomic E-state index is -0.479. The summed E-state index contributed by atoms with van der Waals surface area (Å²) in [6, 6.07) is 1.65. The van der Waals surface area contributed by atoms with E-state index in [1.54, 1.807) is 19.9 Å². The summed E-state index contributed by atoms with van der Waals surface area (Å²) < 4.78 is 10.9. The lowest BCUT2D eigenvalue weighted by molar-refractivity contribution is -0.131. The molecule has 1 heterocycles. The van der Waals surface area contributed by atoms with Crippen molar-refractivity contribution in [3.63, 3.8) is 0 Å². The smallest absolute Gasteiger partial charge is 0.308 e. The van der Waals surface area contributed by atoms with E-state index in [0.717, 1.165) is 0 Å². The molecule has 0 radical (unpaired) electrons.